The molecular weight excluding hydrogens is 228 g/mol. The van der Waals surface area contributed by atoms with Crippen molar-refractivity contribution in [1.29, 1.82) is 0 Å². The van der Waals surface area contributed by atoms with Crippen LogP contribution in [0.15, 0.2) is 30.3 Å². The first-order valence-corrected chi connectivity index (χ1v) is 5.66. The molecule has 0 bridgehead atoms. The summed E-state index contributed by atoms with van der Waals surface area (Å²) in [6.07, 6.45) is 0. The van der Waals surface area contributed by atoms with Gasteiger partial charge < -0.3 is 15.2 Å². The Hall–Kier alpha value is -2.23. The highest BCUT2D eigenvalue weighted by molar-refractivity contribution is 5.50. The van der Waals surface area contributed by atoms with Crippen LogP contribution in [0.2, 0.25) is 0 Å². The number of ether oxygens (including phenoxy) is 2. The molecule has 0 aliphatic carbocycles. The fourth-order valence-corrected chi connectivity index (χ4v) is 1.68. The van der Waals surface area contributed by atoms with Gasteiger partial charge in [-0.15, -0.1) is 0 Å². The molecule has 94 valence electrons. The Morgan fingerprint density at radius 1 is 1.11 bits per heavy atom. The van der Waals surface area contributed by atoms with Crippen molar-refractivity contribution >= 4 is 5.69 Å². The van der Waals surface area contributed by atoms with Crippen molar-refractivity contribution in [2.45, 2.75) is 13.8 Å². The summed E-state index contributed by atoms with van der Waals surface area (Å²) in [5, 5.41) is 0. The molecule has 1 heterocycles. The van der Waals surface area contributed by atoms with Gasteiger partial charge in [-0.3, -0.25) is 0 Å². The molecule has 0 spiro atoms. The molecule has 0 radical (unpaired) electrons. The Morgan fingerprint density at radius 2 is 1.89 bits per heavy atom. The largest absolute Gasteiger partial charge is 0.479 e. The van der Waals surface area contributed by atoms with E-state index in [4.69, 9.17) is 15.2 Å². The van der Waals surface area contributed by atoms with Crippen LogP contribution in [0.25, 0.3) is 0 Å². The van der Waals surface area contributed by atoms with Crippen LogP contribution in [-0.4, -0.2) is 12.1 Å². The number of hydrogen-bond donors (Lipinski definition) is 1. The van der Waals surface area contributed by atoms with Crippen LogP contribution in [0, 0.1) is 13.8 Å². The van der Waals surface area contributed by atoms with Gasteiger partial charge in [0.25, 0.3) is 0 Å². The number of aryl methyl sites for hydroxylation is 2. The van der Waals surface area contributed by atoms with E-state index in [0.717, 1.165) is 11.3 Å². The average Bonchev–Trinajstić information content (AvgIpc) is 2.35. The quantitative estimate of drug-likeness (QED) is 0.901. The fourth-order valence-electron chi connectivity index (χ4n) is 1.68. The summed E-state index contributed by atoms with van der Waals surface area (Å²) in [5.74, 6) is 1.62. The molecule has 0 fully saturated rings. The van der Waals surface area contributed by atoms with Crippen molar-refractivity contribution in [3.8, 4) is 17.5 Å². The highest BCUT2D eigenvalue weighted by atomic mass is 16.5. The van der Waals surface area contributed by atoms with Crippen LogP contribution < -0.4 is 15.2 Å². The van der Waals surface area contributed by atoms with Gasteiger partial charge in [-0.25, -0.2) is 0 Å². The van der Waals surface area contributed by atoms with Gasteiger partial charge in [0.1, 0.15) is 5.75 Å². The van der Waals surface area contributed by atoms with E-state index < -0.39 is 0 Å². The molecule has 0 aliphatic heterocycles. The van der Waals surface area contributed by atoms with E-state index in [1.807, 2.05) is 26.0 Å². The lowest BCUT2D eigenvalue weighted by atomic mass is 10.1. The van der Waals surface area contributed by atoms with Gasteiger partial charge in [0, 0.05) is 6.07 Å². The smallest absolute Gasteiger partial charge is 0.240 e. The van der Waals surface area contributed by atoms with Crippen molar-refractivity contribution < 1.29 is 9.47 Å². The summed E-state index contributed by atoms with van der Waals surface area (Å²) in [7, 11) is 1.53. The molecule has 0 unspecified atom stereocenters. The monoisotopic (exact) mass is 244 g/mol. The zero-order valence-corrected chi connectivity index (χ0v) is 10.7. The van der Waals surface area contributed by atoms with Gasteiger partial charge in [-0.2, -0.15) is 4.98 Å². The lowest BCUT2D eigenvalue weighted by Gasteiger charge is -2.10. The predicted octanol–water partition coefficient (Wildman–Crippen LogP) is 3.08. The fraction of sp³-hybridized carbons (Fsp3) is 0.214. The summed E-state index contributed by atoms with van der Waals surface area (Å²) in [5.41, 5.74) is 8.45. The number of methoxy groups -OCH3 is 1. The zero-order valence-electron chi connectivity index (χ0n) is 10.7. The standard InChI is InChI=1S/C14H16N2O2/c1-9-4-6-12(10(2)8-9)18-13-7-5-11(15)14(16-13)17-3/h4-8H,15H2,1-3H3. The summed E-state index contributed by atoms with van der Waals surface area (Å²) in [6, 6.07) is 9.41. The summed E-state index contributed by atoms with van der Waals surface area (Å²) in [4.78, 5) is 4.18. The van der Waals surface area contributed by atoms with Crippen LogP contribution in [0.3, 0.4) is 0 Å². The molecule has 4 nitrogen and oxygen atoms in total. The number of anilines is 1. The third kappa shape index (κ3) is 2.53. The highest BCUT2D eigenvalue weighted by Gasteiger charge is 2.06. The van der Waals surface area contributed by atoms with E-state index >= 15 is 0 Å². The second-order valence-corrected chi connectivity index (χ2v) is 4.12. The van der Waals surface area contributed by atoms with Crippen LogP contribution in [0.5, 0.6) is 17.5 Å². The Labute approximate surface area is 106 Å². The van der Waals surface area contributed by atoms with E-state index in [1.54, 1.807) is 12.1 Å². The van der Waals surface area contributed by atoms with Crippen molar-refractivity contribution in [2.75, 3.05) is 12.8 Å². The molecule has 18 heavy (non-hydrogen) atoms. The molecule has 0 saturated carbocycles. The Morgan fingerprint density at radius 3 is 2.56 bits per heavy atom. The van der Waals surface area contributed by atoms with Crippen LogP contribution >= 0.6 is 0 Å². The van der Waals surface area contributed by atoms with E-state index in [0.29, 0.717) is 17.4 Å². The second-order valence-electron chi connectivity index (χ2n) is 4.12. The van der Waals surface area contributed by atoms with Gasteiger partial charge in [-0.1, -0.05) is 17.7 Å². The third-order valence-electron chi connectivity index (χ3n) is 2.60. The van der Waals surface area contributed by atoms with Gasteiger partial charge in [0.2, 0.25) is 11.8 Å². The first-order chi connectivity index (χ1) is 8.60. The van der Waals surface area contributed by atoms with Gasteiger partial charge in [0.15, 0.2) is 0 Å². The van der Waals surface area contributed by atoms with Gasteiger partial charge in [0.05, 0.1) is 12.8 Å². The molecule has 1 aromatic carbocycles. The van der Waals surface area contributed by atoms with E-state index in [-0.39, 0.29) is 0 Å². The molecule has 0 atom stereocenters. The molecule has 0 saturated heterocycles. The number of benzene rings is 1. The summed E-state index contributed by atoms with van der Waals surface area (Å²) in [6.45, 7) is 4.04. The van der Waals surface area contributed by atoms with Crippen LogP contribution in [0.1, 0.15) is 11.1 Å². The van der Waals surface area contributed by atoms with Crippen molar-refractivity contribution in [1.82, 2.24) is 4.98 Å². The minimum atomic E-state index is 0.372. The molecule has 0 aliphatic rings. The SMILES string of the molecule is COc1nc(Oc2ccc(C)cc2C)ccc1N. The van der Waals surface area contributed by atoms with E-state index in [1.165, 1.54) is 12.7 Å². The van der Waals surface area contributed by atoms with E-state index in [9.17, 15) is 0 Å². The lowest BCUT2D eigenvalue weighted by molar-refractivity contribution is 0.385. The number of nitrogen functional groups attached to an aromatic ring is 1. The first-order valence-electron chi connectivity index (χ1n) is 5.66. The second kappa shape index (κ2) is 4.96. The Bertz CT molecular complexity index is 568. The number of pyridine rings is 1. The molecule has 2 rings (SSSR count). The number of rotatable bonds is 3. The zero-order chi connectivity index (χ0) is 13.1. The number of hydrogen-bond acceptors (Lipinski definition) is 4. The van der Waals surface area contributed by atoms with Crippen LogP contribution in [-0.2, 0) is 0 Å². The molecule has 0 amide bonds. The maximum atomic E-state index is 5.71. The highest BCUT2D eigenvalue weighted by Crippen LogP contribution is 2.27. The van der Waals surface area contributed by atoms with Crippen LogP contribution in [0.4, 0.5) is 5.69 Å². The normalized spacial score (nSPS) is 10.2. The summed E-state index contributed by atoms with van der Waals surface area (Å²) < 4.78 is 10.8. The topological polar surface area (TPSA) is 57.4 Å². The molecular formula is C14H16N2O2. The van der Waals surface area contributed by atoms with Crippen molar-refractivity contribution in [3.05, 3.63) is 41.5 Å². The molecule has 2 N–H and O–H groups in total. The Kier molecular flexibility index (Phi) is 3.37. The third-order valence-corrected chi connectivity index (χ3v) is 2.60. The first kappa shape index (κ1) is 12.2. The molecule has 4 heteroatoms. The predicted molar refractivity (Wildman–Crippen MR) is 71.2 cm³/mol. The number of nitrogens with zero attached hydrogens (tertiary/aromatic N) is 1. The minimum Gasteiger partial charge on any atom is -0.479 e. The molecule has 2 aromatic rings. The summed E-state index contributed by atoms with van der Waals surface area (Å²) >= 11 is 0. The maximum absolute atomic E-state index is 5.71. The van der Waals surface area contributed by atoms with Crippen molar-refractivity contribution in [3.63, 3.8) is 0 Å². The van der Waals surface area contributed by atoms with E-state index in [2.05, 4.69) is 11.1 Å². The number of aromatic nitrogens is 1. The number of nitrogens with two attached hydrogens (primary N) is 1. The van der Waals surface area contributed by atoms with Crippen molar-refractivity contribution in [2.24, 2.45) is 0 Å². The van der Waals surface area contributed by atoms with Gasteiger partial charge >= 0.3 is 0 Å². The molecule has 1 aromatic heterocycles. The van der Waals surface area contributed by atoms with Gasteiger partial charge in [-0.05, 0) is 31.5 Å². The lowest BCUT2D eigenvalue weighted by Crippen LogP contribution is -1.97. The minimum absolute atomic E-state index is 0.372. The average molecular weight is 244 g/mol. The maximum Gasteiger partial charge on any atom is 0.240 e. The Balaban J connectivity index is 2.28.